The van der Waals surface area contributed by atoms with Crippen LogP contribution in [0.4, 0.5) is 23.2 Å². The van der Waals surface area contributed by atoms with Crippen LogP contribution in [0.1, 0.15) is 11.5 Å². The monoisotopic (exact) mass is 411 g/mol. The highest BCUT2D eigenvalue weighted by Gasteiger charge is 2.47. The number of carbonyl (C=O) groups is 2. The van der Waals surface area contributed by atoms with Crippen LogP contribution in [0, 0.1) is 17.8 Å². The molecule has 0 spiro atoms. The second-order valence-electron chi connectivity index (χ2n) is 6.64. The van der Waals surface area contributed by atoms with Crippen LogP contribution in [0.2, 0.25) is 0 Å². The van der Waals surface area contributed by atoms with Gasteiger partial charge in [-0.3, -0.25) is 9.59 Å². The van der Waals surface area contributed by atoms with E-state index < -0.39 is 41.8 Å². The van der Waals surface area contributed by atoms with Crippen LogP contribution >= 0.6 is 0 Å². The molecule has 2 atom stereocenters. The van der Waals surface area contributed by atoms with E-state index in [1.165, 1.54) is 30.1 Å². The van der Waals surface area contributed by atoms with Crippen LogP contribution in [0.5, 0.6) is 11.5 Å². The number of hydrogen-bond acceptors (Lipinski definition) is 5. The topological polar surface area (TPSA) is 80.8 Å². The highest BCUT2D eigenvalue weighted by Crippen LogP contribution is 2.44. The molecular weight excluding hydrogens is 398 g/mol. The first-order valence-corrected chi connectivity index (χ1v) is 8.42. The van der Waals surface area contributed by atoms with Crippen LogP contribution in [0.25, 0.3) is 0 Å². The van der Waals surface area contributed by atoms with E-state index in [0.717, 1.165) is 12.1 Å². The van der Waals surface area contributed by atoms with Crippen molar-refractivity contribution in [1.29, 1.82) is 0 Å². The summed E-state index contributed by atoms with van der Waals surface area (Å²) in [5.41, 5.74) is 0.00318. The van der Waals surface area contributed by atoms with Gasteiger partial charge >= 0.3 is 6.29 Å². The Hall–Kier alpha value is -3.37. The summed E-state index contributed by atoms with van der Waals surface area (Å²) >= 11 is 0. The number of likely N-dealkylation sites (tertiary alicyclic amines) is 1. The number of nitrogens with one attached hydrogen (secondary N) is 1. The first kappa shape index (κ1) is 19.0. The number of nitrogens with zero attached hydrogens (tertiary/aromatic N) is 2. The van der Waals surface area contributed by atoms with Gasteiger partial charge in [-0.25, -0.2) is 0 Å². The van der Waals surface area contributed by atoms with Crippen molar-refractivity contribution in [3.05, 3.63) is 47.8 Å². The van der Waals surface area contributed by atoms with Crippen molar-refractivity contribution in [2.75, 3.05) is 18.9 Å². The van der Waals surface area contributed by atoms with E-state index in [1.807, 2.05) is 0 Å². The number of halogens is 4. The number of fused-ring (bicyclic) bond motifs is 1. The molecule has 0 saturated carbocycles. The van der Waals surface area contributed by atoms with E-state index in [9.17, 15) is 27.2 Å². The van der Waals surface area contributed by atoms with Gasteiger partial charge in [0.25, 0.3) is 0 Å². The van der Waals surface area contributed by atoms with Crippen LogP contribution in [0.15, 0.2) is 30.3 Å². The quantitative estimate of drug-likeness (QED) is 0.477. The van der Waals surface area contributed by atoms with Crippen molar-refractivity contribution in [1.82, 2.24) is 9.88 Å². The molecule has 2 amide bonds. The number of pyridine rings is 1. The number of ether oxygens (including phenoxy) is 2. The first-order valence-electron chi connectivity index (χ1n) is 8.42. The minimum Gasteiger partial charge on any atom is -0.395 e. The molecule has 0 unspecified atom stereocenters. The fourth-order valence-corrected chi connectivity index (χ4v) is 3.40. The predicted molar refractivity (Wildman–Crippen MR) is 89.3 cm³/mol. The van der Waals surface area contributed by atoms with Gasteiger partial charge in [-0.15, -0.1) is 8.78 Å². The standard InChI is InChI=1S/C18H13F4N3O4/c1-25-7-9(8-2-4-11-12(6-8)29-18(21,22)28-11)14(17(25)27)16(26)23-10-3-5-13(19)24-15(10)20/h2-6,9,14H,7H2,1H3,(H,23,26)/t9-,14+/m1/s1. The molecule has 7 nitrogen and oxygen atoms in total. The smallest absolute Gasteiger partial charge is 0.395 e. The Morgan fingerprint density at radius 2 is 1.93 bits per heavy atom. The Balaban J connectivity index is 1.62. The normalized spacial score (nSPS) is 22.1. The second kappa shape index (κ2) is 6.61. The lowest BCUT2D eigenvalue weighted by Gasteiger charge is -2.17. The first-order chi connectivity index (χ1) is 13.6. The van der Waals surface area contributed by atoms with Crippen LogP contribution in [-0.2, 0) is 9.59 Å². The molecule has 1 N–H and O–H groups in total. The molecule has 1 saturated heterocycles. The zero-order valence-corrected chi connectivity index (χ0v) is 14.8. The second-order valence-corrected chi connectivity index (χ2v) is 6.64. The lowest BCUT2D eigenvalue weighted by atomic mass is 9.87. The lowest BCUT2D eigenvalue weighted by molar-refractivity contribution is -0.286. The van der Waals surface area contributed by atoms with E-state index in [0.29, 0.717) is 5.56 Å². The third-order valence-electron chi connectivity index (χ3n) is 4.72. The van der Waals surface area contributed by atoms with Crippen molar-refractivity contribution in [2.24, 2.45) is 5.92 Å². The maximum absolute atomic E-state index is 13.8. The molecule has 1 fully saturated rings. The summed E-state index contributed by atoms with van der Waals surface area (Å²) in [7, 11) is 1.48. The number of benzene rings is 1. The van der Waals surface area contributed by atoms with Crippen LogP contribution in [0.3, 0.4) is 0 Å². The average molecular weight is 411 g/mol. The largest absolute Gasteiger partial charge is 0.586 e. The molecule has 4 rings (SSSR count). The van der Waals surface area contributed by atoms with Crippen molar-refractivity contribution < 1.29 is 36.6 Å². The zero-order chi connectivity index (χ0) is 20.9. The summed E-state index contributed by atoms with van der Waals surface area (Å²) in [5, 5.41) is 2.23. The lowest BCUT2D eigenvalue weighted by Crippen LogP contribution is -2.33. The van der Waals surface area contributed by atoms with Gasteiger partial charge in [0.2, 0.25) is 23.7 Å². The average Bonchev–Trinajstić information content (AvgIpc) is 3.11. The van der Waals surface area contributed by atoms with Gasteiger partial charge in [0.15, 0.2) is 11.5 Å². The maximum atomic E-state index is 13.8. The van der Waals surface area contributed by atoms with Crippen molar-refractivity contribution in [2.45, 2.75) is 12.2 Å². The number of amides is 2. The van der Waals surface area contributed by atoms with Gasteiger partial charge in [-0.2, -0.15) is 13.8 Å². The Morgan fingerprint density at radius 1 is 1.21 bits per heavy atom. The third kappa shape index (κ3) is 3.43. The molecule has 0 radical (unpaired) electrons. The number of anilines is 1. The SMILES string of the molecule is CN1C[C@H](c2ccc3c(c2)OC(F)(F)O3)[C@@H](C(=O)Nc2ccc(F)nc2F)C1=O. The van der Waals surface area contributed by atoms with Crippen LogP contribution < -0.4 is 14.8 Å². The number of likely N-dealkylation sites (N-methyl/N-ethyl adjacent to an activating group) is 1. The number of alkyl halides is 2. The molecular formula is C18H13F4N3O4. The van der Waals surface area contributed by atoms with Crippen molar-refractivity contribution in [3.63, 3.8) is 0 Å². The van der Waals surface area contributed by atoms with Gasteiger partial charge in [0.1, 0.15) is 5.92 Å². The zero-order valence-electron chi connectivity index (χ0n) is 14.8. The fraction of sp³-hybridized carbons (Fsp3) is 0.278. The minimum absolute atomic E-state index is 0.122. The molecule has 3 heterocycles. The van der Waals surface area contributed by atoms with Crippen LogP contribution in [-0.4, -0.2) is 41.6 Å². The van der Waals surface area contributed by atoms with Gasteiger partial charge in [-0.1, -0.05) is 6.07 Å². The summed E-state index contributed by atoms with van der Waals surface area (Å²) in [6, 6.07) is 5.81. The molecule has 1 aromatic carbocycles. The number of hydrogen-bond donors (Lipinski definition) is 1. The summed E-state index contributed by atoms with van der Waals surface area (Å²) in [5.74, 6) is -6.03. The number of carbonyl (C=O) groups excluding carboxylic acids is 2. The van der Waals surface area contributed by atoms with Gasteiger partial charge in [0.05, 0.1) is 5.69 Å². The summed E-state index contributed by atoms with van der Waals surface area (Å²) in [6.07, 6.45) is -3.80. The van der Waals surface area contributed by atoms with Gasteiger partial charge in [-0.05, 0) is 29.8 Å². The Morgan fingerprint density at radius 3 is 2.66 bits per heavy atom. The highest BCUT2D eigenvalue weighted by atomic mass is 19.3. The minimum atomic E-state index is -3.80. The van der Waals surface area contributed by atoms with E-state index in [4.69, 9.17) is 0 Å². The molecule has 29 heavy (non-hydrogen) atoms. The van der Waals surface area contributed by atoms with E-state index in [-0.39, 0.29) is 23.7 Å². The molecule has 0 bridgehead atoms. The molecule has 152 valence electrons. The summed E-state index contributed by atoms with van der Waals surface area (Å²) < 4.78 is 61.9. The molecule has 1 aromatic heterocycles. The third-order valence-corrected chi connectivity index (χ3v) is 4.72. The van der Waals surface area contributed by atoms with Crippen molar-refractivity contribution in [3.8, 4) is 11.5 Å². The van der Waals surface area contributed by atoms with Gasteiger partial charge in [0, 0.05) is 19.5 Å². The van der Waals surface area contributed by atoms with Crippen molar-refractivity contribution >= 4 is 17.5 Å². The number of aromatic nitrogens is 1. The molecule has 11 heteroatoms. The Bertz CT molecular complexity index is 1020. The molecule has 2 aliphatic heterocycles. The van der Waals surface area contributed by atoms with Gasteiger partial charge < -0.3 is 19.7 Å². The van der Waals surface area contributed by atoms with E-state index in [2.05, 4.69) is 19.8 Å². The Labute approximate surface area is 161 Å². The molecule has 2 aliphatic rings. The Kier molecular flexibility index (Phi) is 4.32. The number of rotatable bonds is 3. The molecule has 2 aromatic rings. The van der Waals surface area contributed by atoms with E-state index in [1.54, 1.807) is 0 Å². The fourth-order valence-electron chi connectivity index (χ4n) is 3.40. The highest BCUT2D eigenvalue weighted by molar-refractivity contribution is 6.08. The predicted octanol–water partition coefficient (Wildman–Crippen LogP) is 2.49. The summed E-state index contributed by atoms with van der Waals surface area (Å²) in [6.45, 7) is 0.122. The maximum Gasteiger partial charge on any atom is 0.586 e. The summed E-state index contributed by atoms with van der Waals surface area (Å²) in [4.78, 5) is 29.5. The van der Waals surface area contributed by atoms with E-state index >= 15 is 0 Å². The molecule has 0 aliphatic carbocycles.